The van der Waals surface area contributed by atoms with Crippen LogP contribution in [0.3, 0.4) is 0 Å². The van der Waals surface area contributed by atoms with Crippen molar-refractivity contribution in [1.29, 1.82) is 0 Å². The third-order valence-corrected chi connectivity index (χ3v) is 5.53. The summed E-state index contributed by atoms with van der Waals surface area (Å²) in [5, 5.41) is 28.2. The average Bonchev–Trinajstić information content (AvgIpc) is 3.24. The van der Waals surface area contributed by atoms with Crippen molar-refractivity contribution in [3.63, 3.8) is 0 Å². The zero-order valence-electron chi connectivity index (χ0n) is 15.5. The molecule has 1 saturated heterocycles. The molecule has 3 heterocycles. The highest BCUT2D eigenvalue weighted by Gasteiger charge is 2.42. The Bertz CT molecular complexity index is 744. The second kappa shape index (κ2) is 7.93. The van der Waals surface area contributed by atoms with Gasteiger partial charge in [-0.15, -0.1) is 0 Å². The number of ether oxygens (including phenoxy) is 1. The molecule has 0 bridgehead atoms. The lowest BCUT2D eigenvalue weighted by molar-refractivity contribution is 0.0297. The molecule has 0 amide bonds. The van der Waals surface area contributed by atoms with Gasteiger partial charge in [-0.1, -0.05) is 6.07 Å². The van der Waals surface area contributed by atoms with Crippen LogP contribution >= 0.6 is 0 Å². The van der Waals surface area contributed by atoms with E-state index in [4.69, 9.17) is 4.74 Å². The van der Waals surface area contributed by atoms with Crippen molar-refractivity contribution < 1.29 is 14.9 Å². The Labute approximate surface area is 158 Å². The molecule has 1 saturated carbocycles. The van der Waals surface area contributed by atoms with Gasteiger partial charge in [0.2, 0.25) is 0 Å². The number of aromatic nitrogens is 3. The molecule has 0 aromatic carbocycles. The van der Waals surface area contributed by atoms with E-state index in [2.05, 4.69) is 26.4 Å². The van der Waals surface area contributed by atoms with Crippen LogP contribution in [0.25, 0.3) is 0 Å². The molecule has 2 aliphatic rings. The van der Waals surface area contributed by atoms with Crippen LogP contribution in [0.2, 0.25) is 0 Å². The van der Waals surface area contributed by atoms with Crippen LogP contribution in [0.1, 0.15) is 23.5 Å². The summed E-state index contributed by atoms with van der Waals surface area (Å²) in [6, 6.07) is 3.86. The number of hydrogen-bond acceptors (Lipinski definition) is 7. The second-order valence-electron chi connectivity index (χ2n) is 7.38. The average molecular weight is 373 g/mol. The van der Waals surface area contributed by atoms with Crippen LogP contribution in [0.5, 0.6) is 0 Å². The highest BCUT2D eigenvalue weighted by Crippen LogP contribution is 2.35. The van der Waals surface area contributed by atoms with Gasteiger partial charge >= 0.3 is 0 Å². The zero-order chi connectivity index (χ0) is 18.8. The van der Waals surface area contributed by atoms with Gasteiger partial charge in [0, 0.05) is 56.6 Å². The Kier molecular flexibility index (Phi) is 5.40. The van der Waals surface area contributed by atoms with Crippen molar-refractivity contribution in [3.05, 3.63) is 41.9 Å². The quantitative estimate of drug-likeness (QED) is 0.680. The highest BCUT2D eigenvalue weighted by molar-refractivity contribution is 5.41. The number of nitrogens with one attached hydrogen (secondary N) is 1. The van der Waals surface area contributed by atoms with Crippen LogP contribution < -0.4 is 10.2 Å². The molecule has 4 atom stereocenters. The number of rotatable bonds is 5. The maximum Gasteiger partial charge on any atom is 0.128 e. The number of morpholine rings is 1. The summed E-state index contributed by atoms with van der Waals surface area (Å²) in [5.74, 6) is 0.957. The minimum atomic E-state index is -0.800. The summed E-state index contributed by atoms with van der Waals surface area (Å²) in [6.45, 7) is 3.75. The third kappa shape index (κ3) is 3.98. The maximum absolute atomic E-state index is 10.5. The van der Waals surface area contributed by atoms with Crippen molar-refractivity contribution in [3.8, 4) is 0 Å². The molecule has 2 aromatic rings. The SMILES string of the molecule is Cn1cc(CN[C@H]2[C@H](O)[C@H](O)C[C@@H]2c2ccc(N3CCOCC3)nc2)cn1. The number of pyridine rings is 1. The highest BCUT2D eigenvalue weighted by atomic mass is 16.5. The smallest absolute Gasteiger partial charge is 0.128 e. The van der Waals surface area contributed by atoms with Gasteiger partial charge in [-0.2, -0.15) is 5.10 Å². The summed E-state index contributed by atoms with van der Waals surface area (Å²) in [4.78, 5) is 6.83. The van der Waals surface area contributed by atoms with Crippen molar-refractivity contribution in [2.24, 2.45) is 7.05 Å². The molecular formula is C19H27N5O3. The van der Waals surface area contributed by atoms with Crippen LogP contribution in [0, 0.1) is 0 Å². The summed E-state index contributed by atoms with van der Waals surface area (Å²) >= 11 is 0. The van der Waals surface area contributed by atoms with E-state index in [1.165, 1.54) is 0 Å². The Morgan fingerprint density at radius 2 is 2.04 bits per heavy atom. The number of nitrogens with zero attached hydrogens (tertiary/aromatic N) is 4. The first-order valence-corrected chi connectivity index (χ1v) is 9.47. The lowest BCUT2D eigenvalue weighted by Crippen LogP contribution is -2.41. The normalized spacial score (nSPS) is 28.6. The van der Waals surface area contributed by atoms with Crippen molar-refractivity contribution in [2.75, 3.05) is 31.2 Å². The van der Waals surface area contributed by atoms with Crippen LogP contribution in [-0.2, 0) is 18.3 Å². The van der Waals surface area contributed by atoms with Crippen molar-refractivity contribution in [1.82, 2.24) is 20.1 Å². The minimum Gasteiger partial charge on any atom is -0.390 e. The summed E-state index contributed by atoms with van der Waals surface area (Å²) in [5.41, 5.74) is 2.08. The largest absolute Gasteiger partial charge is 0.390 e. The number of aliphatic hydroxyl groups excluding tert-OH is 2. The standard InChI is InChI=1S/C19H27N5O3/c1-23-12-13(10-22-23)9-21-18-15(8-16(25)19(18)26)14-2-3-17(20-11-14)24-4-6-27-7-5-24/h2-3,10-12,15-16,18-19,21,25-26H,4-9H2,1H3/t15-,16-,18-,19-/m1/s1. The van der Waals surface area contributed by atoms with Gasteiger partial charge in [0.05, 0.1) is 31.6 Å². The Hall–Kier alpha value is -2.00. The fourth-order valence-electron chi connectivity index (χ4n) is 4.03. The fourth-order valence-corrected chi connectivity index (χ4v) is 4.03. The van der Waals surface area contributed by atoms with E-state index >= 15 is 0 Å². The lowest BCUT2D eigenvalue weighted by atomic mass is 9.94. The third-order valence-electron chi connectivity index (χ3n) is 5.53. The first kappa shape index (κ1) is 18.4. The molecule has 8 nitrogen and oxygen atoms in total. The molecule has 2 aromatic heterocycles. The van der Waals surface area contributed by atoms with Crippen LogP contribution in [0.15, 0.2) is 30.7 Å². The van der Waals surface area contributed by atoms with Gasteiger partial charge < -0.3 is 25.2 Å². The van der Waals surface area contributed by atoms with Gasteiger partial charge in [0.1, 0.15) is 5.82 Å². The number of aliphatic hydroxyl groups is 2. The predicted molar refractivity (Wildman–Crippen MR) is 100 cm³/mol. The molecule has 4 rings (SSSR count). The molecular weight excluding hydrogens is 346 g/mol. The van der Waals surface area contributed by atoms with E-state index in [0.29, 0.717) is 13.0 Å². The fraction of sp³-hybridized carbons (Fsp3) is 0.579. The van der Waals surface area contributed by atoms with Gasteiger partial charge in [0.25, 0.3) is 0 Å². The van der Waals surface area contributed by atoms with E-state index in [-0.39, 0.29) is 12.0 Å². The first-order valence-electron chi connectivity index (χ1n) is 9.47. The summed E-state index contributed by atoms with van der Waals surface area (Å²) in [7, 11) is 1.88. The van der Waals surface area contributed by atoms with Gasteiger partial charge in [0.15, 0.2) is 0 Å². The van der Waals surface area contributed by atoms with Gasteiger partial charge in [-0.05, 0) is 18.1 Å². The Morgan fingerprint density at radius 1 is 1.22 bits per heavy atom. The van der Waals surface area contributed by atoms with Gasteiger partial charge in [-0.3, -0.25) is 4.68 Å². The van der Waals surface area contributed by atoms with E-state index < -0.39 is 12.2 Å². The van der Waals surface area contributed by atoms with Crippen LogP contribution in [-0.4, -0.2) is 69.5 Å². The molecule has 1 aliphatic heterocycles. The summed E-state index contributed by atoms with van der Waals surface area (Å²) < 4.78 is 7.14. The topological polar surface area (TPSA) is 95.7 Å². The zero-order valence-corrected chi connectivity index (χ0v) is 15.5. The molecule has 0 spiro atoms. The van der Waals surface area contributed by atoms with Crippen LogP contribution in [0.4, 0.5) is 5.82 Å². The van der Waals surface area contributed by atoms with Crippen molar-refractivity contribution in [2.45, 2.75) is 37.1 Å². The van der Waals surface area contributed by atoms with E-state index in [1.54, 1.807) is 10.9 Å². The second-order valence-corrected chi connectivity index (χ2v) is 7.38. The molecule has 3 N–H and O–H groups in total. The molecule has 2 fully saturated rings. The Balaban J connectivity index is 1.46. The minimum absolute atomic E-state index is 0.0120. The van der Waals surface area contributed by atoms with E-state index in [0.717, 1.165) is 43.2 Å². The number of aryl methyl sites for hydroxylation is 1. The molecule has 8 heteroatoms. The monoisotopic (exact) mass is 373 g/mol. The molecule has 146 valence electrons. The van der Waals surface area contributed by atoms with Crippen molar-refractivity contribution >= 4 is 5.82 Å². The predicted octanol–water partition coefficient (Wildman–Crippen LogP) is 0.0192. The Morgan fingerprint density at radius 3 is 2.70 bits per heavy atom. The van der Waals surface area contributed by atoms with E-state index in [1.807, 2.05) is 25.5 Å². The lowest BCUT2D eigenvalue weighted by Gasteiger charge is -2.28. The summed E-state index contributed by atoms with van der Waals surface area (Å²) in [6.07, 6.45) is 4.60. The number of hydrogen-bond donors (Lipinski definition) is 3. The maximum atomic E-state index is 10.5. The molecule has 0 radical (unpaired) electrons. The van der Waals surface area contributed by atoms with Gasteiger partial charge in [-0.25, -0.2) is 4.98 Å². The molecule has 27 heavy (non-hydrogen) atoms. The molecule has 0 unspecified atom stereocenters. The number of anilines is 1. The first-order chi connectivity index (χ1) is 13.1. The van der Waals surface area contributed by atoms with E-state index in [9.17, 15) is 10.2 Å². The molecule has 1 aliphatic carbocycles.